The Morgan fingerprint density at radius 3 is 2.33 bits per heavy atom. The quantitative estimate of drug-likeness (QED) is 0.301. The molecule has 0 atom stereocenters. The molecule has 0 saturated carbocycles. The number of nitrogens with one attached hydrogen (secondary N) is 1. The molecule has 3 aromatic rings. The maximum absolute atomic E-state index is 6.25. The molecule has 0 amide bonds. The van der Waals surface area contributed by atoms with E-state index in [0.29, 0.717) is 6.61 Å². The third-order valence-corrected chi connectivity index (χ3v) is 5.52. The number of ether oxygens (including phenoxy) is 1. The van der Waals surface area contributed by atoms with E-state index in [9.17, 15) is 0 Å². The third-order valence-electron chi connectivity index (χ3n) is 5.52. The Balaban J connectivity index is 0.00000320. The van der Waals surface area contributed by atoms with Gasteiger partial charge in [0.2, 0.25) is 0 Å². The van der Waals surface area contributed by atoms with Crippen LogP contribution in [0.4, 0.5) is 0 Å². The Morgan fingerprint density at radius 1 is 0.800 bits per heavy atom. The molecule has 0 aromatic heterocycles. The molecule has 3 rings (SSSR count). The fourth-order valence-corrected chi connectivity index (χ4v) is 3.72. The molecule has 0 aliphatic rings. The molecule has 1 N–H and O–H groups in total. The third kappa shape index (κ3) is 7.34. The second-order valence-corrected chi connectivity index (χ2v) is 7.98. The number of fused-ring (bicyclic) bond motifs is 1. The Morgan fingerprint density at radius 2 is 1.53 bits per heavy atom. The first-order valence-corrected chi connectivity index (χ1v) is 11.2. The zero-order valence-electron chi connectivity index (χ0n) is 18.5. The Hall–Kier alpha value is -2.03. The van der Waals surface area contributed by atoms with Crippen LogP contribution in [-0.4, -0.2) is 6.54 Å². The Labute approximate surface area is 188 Å². The van der Waals surface area contributed by atoms with E-state index >= 15 is 0 Å². The van der Waals surface area contributed by atoms with Gasteiger partial charge in [0, 0.05) is 12.1 Å². The van der Waals surface area contributed by atoms with Crippen LogP contribution in [0.25, 0.3) is 10.8 Å². The van der Waals surface area contributed by atoms with E-state index in [0.717, 1.165) is 18.8 Å². The van der Waals surface area contributed by atoms with Crippen molar-refractivity contribution in [3.05, 3.63) is 77.4 Å². The highest BCUT2D eigenvalue weighted by atomic mass is 35.5. The van der Waals surface area contributed by atoms with Crippen LogP contribution >= 0.6 is 12.4 Å². The van der Waals surface area contributed by atoms with Gasteiger partial charge in [0.05, 0.1) is 0 Å². The molecule has 0 fully saturated rings. The summed E-state index contributed by atoms with van der Waals surface area (Å²) >= 11 is 0. The highest BCUT2D eigenvalue weighted by Gasteiger charge is 2.09. The van der Waals surface area contributed by atoms with Gasteiger partial charge in [-0.15, -0.1) is 12.4 Å². The number of aryl methyl sites for hydroxylation is 1. The van der Waals surface area contributed by atoms with Gasteiger partial charge in [0.1, 0.15) is 12.4 Å². The fraction of sp³-hybridized carbons (Fsp3) is 0.407. The molecule has 0 spiro atoms. The minimum absolute atomic E-state index is 0. The molecule has 0 saturated heterocycles. The Kier molecular flexibility index (Phi) is 10.8. The molecule has 0 heterocycles. The summed E-state index contributed by atoms with van der Waals surface area (Å²) in [6.07, 6.45) is 7.97. The van der Waals surface area contributed by atoms with E-state index in [1.54, 1.807) is 0 Å². The highest BCUT2D eigenvalue weighted by Crippen LogP contribution is 2.29. The summed E-state index contributed by atoms with van der Waals surface area (Å²) in [4.78, 5) is 0. The largest absolute Gasteiger partial charge is 0.489 e. The van der Waals surface area contributed by atoms with E-state index in [-0.39, 0.29) is 12.4 Å². The van der Waals surface area contributed by atoms with Crippen molar-refractivity contribution in [3.63, 3.8) is 0 Å². The lowest BCUT2D eigenvalue weighted by Crippen LogP contribution is -2.16. The molecule has 0 bridgehead atoms. The average Bonchev–Trinajstić information content (AvgIpc) is 2.75. The van der Waals surface area contributed by atoms with Gasteiger partial charge in [0.15, 0.2) is 0 Å². The van der Waals surface area contributed by atoms with E-state index < -0.39 is 0 Å². The first-order chi connectivity index (χ1) is 14.3. The summed E-state index contributed by atoms with van der Waals surface area (Å²) in [6, 6.07) is 21.5. The zero-order valence-corrected chi connectivity index (χ0v) is 19.3. The van der Waals surface area contributed by atoms with Crippen molar-refractivity contribution in [3.8, 4) is 5.75 Å². The first kappa shape index (κ1) is 24.2. The standard InChI is InChI=1S/C27H35NO.ClH/c1-3-4-5-6-7-10-19-28-20-26-25-12-9-8-11-24(25)17-18-27(26)29-21-23-15-13-22(2)14-16-23;/h8-9,11-18,28H,3-7,10,19-21H2,1-2H3;1H. The molecule has 0 unspecified atom stereocenters. The maximum Gasteiger partial charge on any atom is 0.124 e. The van der Waals surface area contributed by atoms with Gasteiger partial charge in [-0.05, 0) is 42.3 Å². The number of unbranched alkanes of at least 4 members (excludes halogenated alkanes) is 5. The van der Waals surface area contributed by atoms with Crippen molar-refractivity contribution in [2.45, 2.75) is 65.5 Å². The van der Waals surface area contributed by atoms with E-state index in [4.69, 9.17) is 4.74 Å². The topological polar surface area (TPSA) is 21.3 Å². The summed E-state index contributed by atoms with van der Waals surface area (Å²) < 4.78 is 6.25. The van der Waals surface area contributed by atoms with Gasteiger partial charge in [0.25, 0.3) is 0 Å². The van der Waals surface area contributed by atoms with Gasteiger partial charge < -0.3 is 10.1 Å². The van der Waals surface area contributed by atoms with E-state index in [1.165, 1.54) is 66.0 Å². The molecule has 3 aromatic carbocycles. The van der Waals surface area contributed by atoms with Crippen LogP contribution in [0.15, 0.2) is 60.7 Å². The second kappa shape index (κ2) is 13.3. The Bertz CT molecular complexity index is 876. The highest BCUT2D eigenvalue weighted by molar-refractivity contribution is 5.87. The number of benzene rings is 3. The van der Waals surface area contributed by atoms with Gasteiger partial charge >= 0.3 is 0 Å². The van der Waals surface area contributed by atoms with Crippen LogP contribution in [0, 0.1) is 6.92 Å². The molecule has 0 radical (unpaired) electrons. The van der Waals surface area contributed by atoms with Crippen molar-refractivity contribution in [1.29, 1.82) is 0 Å². The maximum atomic E-state index is 6.25. The van der Waals surface area contributed by atoms with Crippen LogP contribution in [0.2, 0.25) is 0 Å². The van der Waals surface area contributed by atoms with E-state index in [1.807, 2.05) is 0 Å². The van der Waals surface area contributed by atoms with Crippen LogP contribution in [0.5, 0.6) is 5.75 Å². The van der Waals surface area contributed by atoms with Gasteiger partial charge in [-0.1, -0.05) is 99.2 Å². The van der Waals surface area contributed by atoms with Gasteiger partial charge in [-0.25, -0.2) is 0 Å². The number of hydrogen-bond donors (Lipinski definition) is 1. The summed E-state index contributed by atoms with van der Waals surface area (Å²) in [7, 11) is 0. The lowest BCUT2D eigenvalue weighted by molar-refractivity contribution is 0.302. The number of rotatable bonds is 12. The second-order valence-electron chi connectivity index (χ2n) is 7.98. The summed E-state index contributed by atoms with van der Waals surface area (Å²) in [5, 5.41) is 6.20. The molecular formula is C27H36ClNO. The van der Waals surface area contributed by atoms with Crippen LogP contribution in [-0.2, 0) is 13.2 Å². The molecule has 0 aliphatic carbocycles. The van der Waals surface area contributed by atoms with Crippen molar-refractivity contribution in [2.24, 2.45) is 0 Å². The van der Waals surface area contributed by atoms with Gasteiger partial charge in [-0.2, -0.15) is 0 Å². The van der Waals surface area contributed by atoms with Crippen LogP contribution < -0.4 is 10.1 Å². The van der Waals surface area contributed by atoms with Crippen molar-refractivity contribution in [1.82, 2.24) is 5.32 Å². The smallest absolute Gasteiger partial charge is 0.124 e. The number of halogens is 1. The molecule has 0 aliphatic heterocycles. The predicted molar refractivity (Wildman–Crippen MR) is 132 cm³/mol. The monoisotopic (exact) mass is 425 g/mol. The van der Waals surface area contributed by atoms with Crippen molar-refractivity contribution in [2.75, 3.05) is 6.54 Å². The summed E-state index contributed by atoms with van der Waals surface area (Å²) in [5.41, 5.74) is 3.75. The zero-order chi connectivity index (χ0) is 20.3. The molecule has 30 heavy (non-hydrogen) atoms. The predicted octanol–water partition coefficient (Wildman–Crippen LogP) is 7.60. The lowest BCUT2D eigenvalue weighted by atomic mass is 10.0. The normalized spacial score (nSPS) is 10.7. The fourth-order valence-electron chi connectivity index (χ4n) is 3.72. The molecule has 162 valence electrons. The van der Waals surface area contributed by atoms with Crippen LogP contribution in [0.1, 0.15) is 62.1 Å². The van der Waals surface area contributed by atoms with Crippen molar-refractivity contribution >= 4 is 23.2 Å². The lowest BCUT2D eigenvalue weighted by Gasteiger charge is -2.15. The van der Waals surface area contributed by atoms with Crippen LogP contribution in [0.3, 0.4) is 0 Å². The number of hydrogen-bond acceptors (Lipinski definition) is 2. The van der Waals surface area contributed by atoms with Crippen molar-refractivity contribution < 1.29 is 4.74 Å². The first-order valence-electron chi connectivity index (χ1n) is 11.2. The average molecular weight is 426 g/mol. The summed E-state index contributed by atoms with van der Waals surface area (Å²) in [6.45, 7) is 6.89. The molecule has 2 nitrogen and oxygen atoms in total. The molecular weight excluding hydrogens is 390 g/mol. The SMILES string of the molecule is CCCCCCCCNCc1c(OCc2ccc(C)cc2)ccc2ccccc12.Cl. The molecule has 3 heteroatoms. The minimum Gasteiger partial charge on any atom is -0.489 e. The van der Waals surface area contributed by atoms with E-state index in [2.05, 4.69) is 79.8 Å². The summed E-state index contributed by atoms with van der Waals surface area (Å²) in [5.74, 6) is 0.986. The van der Waals surface area contributed by atoms with Gasteiger partial charge in [-0.3, -0.25) is 0 Å². The minimum atomic E-state index is 0.